The van der Waals surface area contributed by atoms with Crippen LogP contribution in [0.3, 0.4) is 0 Å². The van der Waals surface area contributed by atoms with Crippen LogP contribution in [-0.2, 0) is 11.8 Å². The Hall–Kier alpha value is -5.10. The SMILES string of the molecule is Cn1ccc2c([C@H](Nc3cc(C#N)c4ncc(C#N)c(NCC(C)(C)C)c4c3)C3=CN(C4(C)COC4)NN3)cccc2c1=O. The van der Waals surface area contributed by atoms with Gasteiger partial charge in [-0.2, -0.15) is 10.5 Å². The number of ether oxygens (including phenoxy) is 1. The minimum absolute atomic E-state index is 0.0473. The summed E-state index contributed by atoms with van der Waals surface area (Å²) in [5, 5.41) is 31.3. The summed E-state index contributed by atoms with van der Waals surface area (Å²) in [6, 6.07) is 15.4. The second-order valence-electron chi connectivity index (χ2n) is 12.9. The van der Waals surface area contributed by atoms with Crippen LogP contribution in [0.2, 0.25) is 0 Å². The zero-order valence-corrected chi connectivity index (χ0v) is 25.4. The first kappa shape index (κ1) is 29.0. The molecule has 4 N–H and O–H groups in total. The molecule has 2 aromatic heterocycles. The molecule has 11 nitrogen and oxygen atoms in total. The predicted molar refractivity (Wildman–Crippen MR) is 170 cm³/mol. The summed E-state index contributed by atoms with van der Waals surface area (Å²) in [6.45, 7) is 10.2. The van der Waals surface area contributed by atoms with Crippen molar-refractivity contribution in [1.29, 1.82) is 10.5 Å². The van der Waals surface area contributed by atoms with Crippen molar-refractivity contribution in [2.75, 3.05) is 30.4 Å². The average molecular weight is 590 g/mol. The molecule has 0 unspecified atom stereocenters. The maximum Gasteiger partial charge on any atom is 0.258 e. The van der Waals surface area contributed by atoms with Gasteiger partial charge >= 0.3 is 0 Å². The molecule has 4 aromatic rings. The number of rotatable bonds is 7. The molecule has 44 heavy (non-hydrogen) atoms. The van der Waals surface area contributed by atoms with Crippen molar-refractivity contribution in [1.82, 2.24) is 25.5 Å². The van der Waals surface area contributed by atoms with Crippen molar-refractivity contribution in [3.8, 4) is 12.1 Å². The van der Waals surface area contributed by atoms with Gasteiger partial charge in [-0.3, -0.25) is 14.8 Å². The third-order valence-electron chi connectivity index (χ3n) is 8.09. The molecule has 0 spiro atoms. The highest BCUT2D eigenvalue weighted by Gasteiger charge is 2.41. The van der Waals surface area contributed by atoms with E-state index in [1.54, 1.807) is 23.9 Å². The Morgan fingerprint density at radius 3 is 2.57 bits per heavy atom. The molecule has 1 fully saturated rings. The van der Waals surface area contributed by atoms with Gasteiger partial charge in [0.1, 0.15) is 17.7 Å². The summed E-state index contributed by atoms with van der Waals surface area (Å²) >= 11 is 0. The number of nitrogens with one attached hydrogen (secondary N) is 4. The van der Waals surface area contributed by atoms with Crippen LogP contribution < -0.4 is 27.2 Å². The topological polar surface area (TPSA) is 143 Å². The van der Waals surface area contributed by atoms with Gasteiger partial charge in [0, 0.05) is 48.6 Å². The first-order valence-electron chi connectivity index (χ1n) is 14.5. The predicted octanol–water partition coefficient (Wildman–Crippen LogP) is 4.40. The molecule has 2 aliphatic heterocycles. The van der Waals surface area contributed by atoms with Crippen LogP contribution in [0.25, 0.3) is 21.7 Å². The highest BCUT2D eigenvalue weighted by Crippen LogP contribution is 2.37. The first-order chi connectivity index (χ1) is 21.0. The number of hydrogen-bond acceptors (Lipinski definition) is 10. The van der Waals surface area contributed by atoms with E-state index < -0.39 is 6.04 Å². The number of nitriles is 2. The fourth-order valence-corrected chi connectivity index (χ4v) is 5.54. The second-order valence-corrected chi connectivity index (χ2v) is 12.9. The Bertz CT molecular complexity index is 1960. The molecule has 6 rings (SSSR count). The number of hydrazine groups is 2. The van der Waals surface area contributed by atoms with Gasteiger partial charge in [0.15, 0.2) is 0 Å². The van der Waals surface area contributed by atoms with Gasteiger partial charge in [0.2, 0.25) is 0 Å². The summed E-state index contributed by atoms with van der Waals surface area (Å²) in [6.07, 6.45) is 5.29. The van der Waals surface area contributed by atoms with Crippen LogP contribution in [-0.4, -0.2) is 39.9 Å². The summed E-state index contributed by atoms with van der Waals surface area (Å²) < 4.78 is 7.06. The van der Waals surface area contributed by atoms with Gasteiger partial charge in [-0.25, -0.2) is 0 Å². The Balaban J connectivity index is 1.51. The fraction of sp³-hybridized carbons (Fsp3) is 0.333. The van der Waals surface area contributed by atoms with Crippen molar-refractivity contribution in [3.05, 3.63) is 87.7 Å². The van der Waals surface area contributed by atoms with E-state index in [0.29, 0.717) is 58.5 Å². The number of hydrogen-bond donors (Lipinski definition) is 4. The van der Waals surface area contributed by atoms with Gasteiger partial charge in [0.05, 0.1) is 47.3 Å². The van der Waals surface area contributed by atoms with Gasteiger partial charge in [-0.05, 0) is 47.6 Å². The molecule has 0 saturated carbocycles. The Labute approximate surface area is 255 Å². The molecule has 2 aromatic carbocycles. The number of benzene rings is 2. The molecular formula is C33H35N9O2. The summed E-state index contributed by atoms with van der Waals surface area (Å²) in [4.78, 5) is 17.6. The second kappa shape index (κ2) is 10.9. The maximum atomic E-state index is 13.1. The Morgan fingerprint density at radius 1 is 1.11 bits per heavy atom. The molecule has 0 aliphatic carbocycles. The van der Waals surface area contributed by atoms with Gasteiger partial charge in [0.25, 0.3) is 5.56 Å². The smallest absolute Gasteiger partial charge is 0.258 e. The normalized spacial score (nSPS) is 16.4. The van der Waals surface area contributed by atoms with Crippen LogP contribution in [0.15, 0.2) is 65.5 Å². The Morgan fingerprint density at radius 2 is 1.89 bits per heavy atom. The molecule has 11 heteroatoms. The van der Waals surface area contributed by atoms with Crippen molar-refractivity contribution in [3.63, 3.8) is 0 Å². The van der Waals surface area contributed by atoms with Crippen LogP contribution in [0.5, 0.6) is 0 Å². The lowest BCUT2D eigenvalue weighted by Crippen LogP contribution is -2.62. The molecular weight excluding hydrogens is 554 g/mol. The van der Waals surface area contributed by atoms with Gasteiger partial charge in [-0.1, -0.05) is 32.9 Å². The van der Waals surface area contributed by atoms with Crippen LogP contribution >= 0.6 is 0 Å². The number of anilines is 2. The quantitative estimate of drug-likeness (QED) is 0.245. The lowest BCUT2D eigenvalue weighted by molar-refractivity contribution is -0.129. The van der Waals surface area contributed by atoms with E-state index in [0.717, 1.165) is 16.6 Å². The standard InChI is InChI=1S/C33H35N9O2/c1-32(2,3)17-37-29-21(14-35)15-36-28-20(13-34)11-22(12-26(28)29)38-30(27-16-42(40-39-27)33(4)18-44-19-33)24-7-6-8-25-23(24)9-10-41(5)31(25)43/h6-12,15-16,30,38-40H,17-19H2,1-5H3,(H,36,37)/t30-/m0/s1. The van der Waals surface area contributed by atoms with Crippen LogP contribution in [0.4, 0.5) is 11.4 Å². The third-order valence-corrected chi connectivity index (χ3v) is 8.09. The molecule has 4 heterocycles. The minimum atomic E-state index is -0.449. The molecule has 0 bridgehead atoms. The van der Waals surface area contributed by atoms with E-state index >= 15 is 0 Å². The maximum absolute atomic E-state index is 13.1. The molecule has 0 amide bonds. The largest absolute Gasteiger partial charge is 0.383 e. The molecule has 1 saturated heterocycles. The highest BCUT2D eigenvalue weighted by atomic mass is 16.5. The number of aromatic nitrogens is 2. The lowest BCUT2D eigenvalue weighted by atomic mass is 9.95. The molecule has 0 radical (unpaired) electrons. The summed E-state index contributed by atoms with van der Waals surface area (Å²) in [5.74, 6) is 0. The number of pyridine rings is 2. The van der Waals surface area contributed by atoms with Crippen molar-refractivity contribution < 1.29 is 4.74 Å². The zero-order chi connectivity index (χ0) is 31.2. The summed E-state index contributed by atoms with van der Waals surface area (Å²) in [7, 11) is 1.74. The van der Waals surface area contributed by atoms with E-state index in [2.05, 4.69) is 66.4 Å². The van der Waals surface area contributed by atoms with Gasteiger partial charge in [-0.15, -0.1) is 5.53 Å². The number of fused-ring (bicyclic) bond motifs is 2. The lowest BCUT2D eigenvalue weighted by Gasteiger charge is -2.44. The van der Waals surface area contributed by atoms with Crippen molar-refractivity contribution >= 4 is 33.1 Å². The molecule has 224 valence electrons. The van der Waals surface area contributed by atoms with E-state index in [1.165, 1.54) is 6.20 Å². The zero-order valence-electron chi connectivity index (χ0n) is 25.4. The number of aryl methyl sites for hydroxylation is 1. The van der Waals surface area contributed by atoms with E-state index in [9.17, 15) is 15.3 Å². The van der Waals surface area contributed by atoms with Crippen molar-refractivity contribution in [2.24, 2.45) is 12.5 Å². The summed E-state index contributed by atoms with van der Waals surface area (Å²) in [5.41, 5.74) is 10.5. The van der Waals surface area contributed by atoms with E-state index in [-0.39, 0.29) is 16.5 Å². The van der Waals surface area contributed by atoms with E-state index in [1.807, 2.05) is 41.5 Å². The number of nitrogens with zero attached hydrogens (tertiary/aromatic N) is 5. The van der Waals surface area contributed by atoms with Crippen molar-refractivity contribution in [2.45, 2.75) is 39.3 Å². The fourth-order valence-electron chi connectivity index (χ4n) is 5.54. The minimum Gasteiger partial charge on any atom is -0.383 e. The molecule has 1 atom stereocenters. The monoisotopic (exact) mass is 589 g/mol. The highest BCUT2D eigenvalue weighted by molar-refractivity contribution is 5.99. The van der Waals surface area contributed by atoms with E-state index in [4.69, 9.17) is 4.74 Å². The third kappa shape index (κ3) is 5.17. The van der Waals surface area contributed by atoms with Crippen LogP contribution in [0.1, 0.15) is 50.4 Å². The molecule has 2 aliphatic rings. The Kier molecular flexibility index (Phi) is 7.16. The average Bonchev–Trinajstić information content (AvgIpc) is 3.48. The van der Waals surface area contributed by atoms with Crippen LogP contribution in [0, 0.1) is 28.1 Å². The van der Waals surface area contributed by atoms with Gasteiger partial charge < -0.3 is 25.4 Å². The first-order valence-corrected chi connectivity index (χ1v) is 14.5.